The van der Waals surface area contributed by atoms with Gasteiger partial charge in [-0.15, -0.1) is 0 Å². The maximum absolute atomic E-state index is 12.1. The molecule has 0 unspecified atom stereocenters. The fraction of sp³-hybridized carbons (Fsp3) is 0.294. The lowest BCUT2D eigenvalue weighted by Gasteiger charge is -2.15. The standard InChI is InChI=1S/C17H17N3O2/c21-15(20-9-8-18-17(20)22)10-19-14-7-6-12-5-4-11-2-1-3-13(14)16(11)12/h1-3,6-7,19H,4-5,8-10H2,(H,18,22). The molecule has 1 heterocycles. The molecule has 2 aromatic rings. The third-order valence-electron chi connectivity index (χ3n) is 4.46. The smallest absolute Gasteiger partial charge is 0.324 e. The van der Waals surface area contributed by atoms with Crippen LogP contribution in [-0.2, 0) is 17.6 Å². The molecule has 1 aliphatic heterocycles. The molecule has 0 bridgehead atoms. The van der Waals surface area contributed by atoms with Gasteiger partial charge in [0.2, 0.25) is 5.91 Å². The first kappa shape index (κ1) is 13.1. The molecule has 0 atom stereocenters. The second kappa shape index (κ2) is 5.02. The first-order valence-corrected chi connectivity index (χ1v) is 7.59. The van der Waals surface area contributed by atoms with E-state index in [1.807, 2.05) is 6.07 Å². The molecule has 1 aliphatic carbocycles. The van der Waals surface area contributed by atoms with Crippen LogP contribution in [0.4, 0.5) is 10.5 Å². The Labute approximate surface area is 128 Å². The Hall–Kier alpha value is -2.56. The Morgan fingerprint density at radius 3 is 2.77 bits per heavy atom. The minimum atomic E-state index is -0.299. The van der Waals surface area contributed by atoms with Crippen LogP contribution in [0.5, 0.6) is 0 Å². The van der Waals surface area contributed by atoms with Gasteiger partial charge in [-0.2, -0.15) is 0 Å². The number of hydrogen-bond acceptors (Lipinski definition) is 3. The molecule has 5 nitrogen and oxygen atoms in total. The third-order valence-corrected chi connectivity index (χ3v) is 4.46. The van der Waals surface area contributed by atoms with E-state index in [2.05, 4.69) is 34.9 Å². The number of hydrogen-bond donors (Lipinski definition) is 2. The predicted molar refractivity (Wildman–Crippen MR) is 85.0 cm³/mol. The van der Waals surface area contributed by atoms with Gasteiger partial charge in [0, 0.05) is 24.2 Å². The summed E-state index contributed by atoms with van der Waals surface area (Å²) in [5, 5.41) is 8.31. The van der Waals surface area contributed by atoms with Gasteiger partial charge in [0.15, 0.2) is 0 Å². The highest BCUT2D eigenvalue weighted by Gasteiger charge is 2.25. The van der Waals surface area contributed by atoms with Crippen molar-refractivity contribution in [3.63, 3.8) is 0 Å². The number of nitrogens with zero attached hydrogens (tertiary/aromatic N) is 1. The summed E-state index contributed by atoms with van der Waals surface area (Å²) in [6, 6.07) is 10.2. The van der Waals surface area contributed by atoms with Crippen LogP contribution < -0.4 is 10.6 Å². The molecular weight excluding hydrogens is 278 g/mol. The van der Waals surface area contributed by atoms with Gasteiger partial charge in [-0.25, -0.2) is 4.79 Å². The summed E-state index contributed by atoms with van der Waals surface area (Å²) >= 11 is 0. The van der Waals surface area contributed by atoms with Crippen LogP contribution in [0, 0.1) is 0 Å². The highest BCUT2D eigenvalue weighted by atomic mass is 16.2. The van der Waals surface area contributed by atoms with Crippen molar-refractivity contribution >= 4 is 28.4 Å². The Morgan fingerprint density at radius 2 is 2.00 bits per heavy atom. The number of amides is 3. The quantitative estimate of drug-likeness (QED) is 0.909. The predicted octanol–water partition coefficient (Wildman–Crippen LogP) is 1.90. The summed E-state index contributed by atoms with van der Waals surface area (Å²) in [4.78, 5) is 24.9. The molecule has 2 N–H and O–H groups in total. The maximum Gasteiger partial charge on any atom is 0.324 e. The van der Waals surface area contributed by atoms with Crippen molar-refractivity contribution in [2.75, 3.05) is 25.0 Å². The molecule has 3 amide bonds. The molecule has 2 aromatic carbocycles. The molecule has 2 aliphatic rings. The Balaban J connectivity index is 1.58. The summed E-state index contributed by atoms with van der Waals surface area (Å²) in [5.74, 6) is -0.196. The number of imide groups is 1. The Kier molecular flexibility index (Phi) is 2.99. The average molecular weight is 295 g/mol. The van der Waals surface area contributed by atoms with E-state index < -0.39 is 0 Å². The second-order valence-electron chi connectivity index (χ2n) is 5.74. The highest BCUT2D eigenvalue weighted by molar-refractivity contribution is 6.01. The number of rotatable bonds is 3. The van der Waals surface area contributed by atoms with Gasteiger partial charge in [-0.1, -0.05) is 24.3 Å². The van der Waals surface area contributed by atoms with Crippen molar-refractivity contribution in [3.05, 3.63) is 41.5 Å². The summed E-state index contributed by atoms with van der Waals surface area (Å²) < 4.78 is 0. The van der Waals surface area contributed by atoms with Crippen LogP contribution in [0.2, 0.25) is 0 Å². The van der Waals surface area contributed by atoms with E-state index >= 15 is 0 Å². The van der Waals surface area contributed by atoms with Gasteiger partial charge < -0.3 is 10.6 Å². The van der Waals surface area contributed by atoms with E-state index in [9.17, 15) is 9.59 Å². The number of anilines is 1. The lowest BCUT2D eigenvalue weighted by molar-refractivity contribution is -0.125. The minimum Gasteiger partial charge on any atom is -0.376 e. The van der Waals surface area contributed by atoms with Crippen molar-refractivity contribution < 1.29 is 9.59 Å². The van der Waals surface area contributed by atoms with Crippen LogP contribution in [0.15, 0.2) is 30.3 Å². The zero-order valence-electron chi connectivity index (χ0n) is 12.2. The van der Waals surface area contributed by atoms with Gasteiger partial charge in [0.25, 0.3) is 0 Å². The lowest BCUT2D eigenvalue weighted by Crippen LogP contribution is -2.38. The normalized spacial score (nSPS) is 16.2. The van der Waals surface area contributed by atoms with Crippen molar-refractivity contribution in [1.29, 1.82) is 0 Å². The zero-order valence-corrected chi connectivity index (χ0v) is 12.2. The lowest BCUT2D eigenvalue weighted by atomic mass is 10.0. The van der Waals surface area contributed by atoms with E-state index in [-0.39, 0.29) is 18.5 Å². The number of nitrogens with one attached hydrogen (secondary N) is 2. The van der Waals surface area contributed by atoms with Crippen molar-refractivity contribution in [3.8, 4) is 0 Å². The Morgan fingerprint density at radius 1 is 1.18 bits per heavy atom. The molecule has 0 saturated carbocycles. The highest BCUT2D eigenvalue weighted by Crippen LogP contribution is 2.34. The van der Waals surface area contributed by atoms with Gasteiger partial charge in [0.05, 0.1) is 6.54 Å². The number of urea groups is 1. The van der Waals surface area contributed by atoms with Crippen molar-refractivity contribution in [2.24, 2.45) is 0 Å². The van der Waals surface area contributed by atoms with Crippen LogP contribution in [-0.4, -0.2) is 36.5 Å². The second-order valence-corrected chi connectivity index (χ2v) is 5.74. The van der Waals surface area contributed by atoms with Gasteiger partial charge in [-0.3, -0.25) is 9.69 Å². The van der Waals surface area contributed by atoms with Crippen molar-refractivity contribution in [2.45, 2.75) is 12.8 Å². The fourth-order valence-electron chi connectivity index (χ4n) is 3.38. The monoisotopic (exact) mass is 295 g/mol. The molecule has 112 valence electrons. The summed E-state index contributed by atoms with van der Waals surface area (Å²) in [6.07, 6.45) is 2.17. The molecular formula is C17H17N3O2. The van der Waals surface area contributed by atoms with Gasteiger partial charge in [0.1, 0.15) is 0 Å². The molecule has 1 fully saturated rings. The molecule has 4 rings (SSSR count). The summed E-state index contributed by atoms with van der Waals surface area (Å²) in [7, 11) is 0. The van der Waals surface area contributed by atoms with Crippen molar-refractivity contribution in [1.82, 2.24) is 10.2 Å². The molecule has 0 aromatic heterocycles. The summed E-state index contributed by atoms with van der Waals surface area (Å²) in [5.41, 5.74) is 3.71. The maximum atomic E-state index is 12.1. The van der Waals surface area contributed by atoms with Crippen LogP contribution >= 0.6 is 0 Å². The molecule has 1 saturated heterocycles. The van der Waals surface area contributed by atoms with E-state index in [0.717, 1.165) is 23.9 Å². The third kappa shape index (κ3) is 2.01. The Bertz CT molecular complexity index is 775. The fourth-order valence-corrected chi connectivity index (χ4v) is 3.38. The molecule has 5 heteroatoms. The van der Waals surface area contributed by atoms with E-state index in [4.69, 9.17) is 0 Å². The van der Waals surface area contributed by atoms with Crippen LogP contribution in [0.1, 0.15) is 11.1 Å². The first-order chi connectivity index (χ1) is 10.7. The first-order valence-electron chi connectivity index (χ1n) is 7.59. The number of benzene rings is 2. The van der Waals surface area contributed by atoms with E-state index in [0.29, 0.717) is 13.1 Å². The molecule has 22 heavy (non-hydrogen) atoms. The van der Waals surface area contributed by atoms with E-state index in [1.165, 1.54) is 21.4 Å². The van der Waals surface area contributed by atoms with Gasteiger partial charge >= 0.3 is 6.03 Å². The zero-order chi connectivity index (χ0) is 15.1. The van der Waals surface area contributed by atoms with E-state index in [1.54, 1.807) is 0 Å². The number of carbonyl (C=O) groups excluding carboxylic acids is 2. The molecule has 0 spiro atoms. The number of carbonyl (C=O) groups is 2. The van der Waals surface area contributed by atoms with Crippen LogP contribution in [0.3, 0.4) is 0 Å². The molecule has 0 radical (unpaired) electrons. The minimum absolute atomic E-state index is 0.131. The average Bonchev–Trinajstić information content (AvgIpc) is 3.14. The summed E-state index contributed by atoms with van der Waals surface area (Å²) in [6.45, 7) is 1.11. The topological polar surface area (TPSA) is 61.4 Å². The largest absolute Gasteiger partial charge is 0.376 e. The van der Waals surface area contributed by atoms with Gasteiger partial charge in [-0.05, 0) is 35.4 Å². The van der Waals surface area contributed by atoms with Crippen LogP contribution in [0.25, 0.3) is 10.8 Å². The SMILES string of the molecule is O=C(CNc1ccc2c3c(cccc13)CC2)N1CCNC1=O. The number of aryl methyl sites for hydroxylation is 2.